The molecular formula is C16H23N. The molecular weight excluding hydrogens is 206 g/mol. The minimum Gasteiger partial charge on any atom is -0.325 e. The van der Waals surface area contributed by atoms with Crippen molar-refractivity contribution in [2.45, 2.75) is 57.4 Å². The Morgan fingerprint density at radius 2 is 2.12 bits per heavy atom. The zero-order valence-corrected chi connectivity index (χ0v) is 10.8. The largest absolute Gasteiger partial charge is 0.325 e. The lowest BCUT2D eigenvalue weighted by atomic mass is 9.88. The molecule has 0 aliphatic heterocycles. The number of hydrogen-bond acceptors (Lipinski definition) is 1. The lowest BCUT2D eigenvalue weighted by molar-refractivity contribution is 0.419. The van der Waals surface area contributed by atoms with Gasteiger partial charge in [-0.25, -0.2) is 0 Å². The molecule has 2 unspecified atom stereocenters. The molecule has 2 aliphatic carbocycles. The summed E-state index contributed by atoms with van der Waals surface area (Å²) in [4.78, 5) is 0. The van der Waals surface area contributed by atoms with E-state index in [0.29, 0.717) is 0 Å². The molecule has 2 atom stereocenters. The van der Waals surface area contributed by atoms with Crippen molar-refractivity contribution in [1.82, 2.24) is 0 Å². The van der Waals surface area contributed by atoms with E-state index in [1.165, 1.54) is 44.1 Å². The van der Waals surface area contributed by atoms with Crippen molar-refractivity contribution in [3.05, 3.63) is 34.9 Å². The van der Waals surface area contributed by atoms with Crippen LogP contribution in [0.25, 0.3) is 0 Å². The zero-order chi connectivity index (χ0) is 11.9. The Balaban J connectivity index is 1.77. The maximum Gasteiger partial charge on any atom is 0.0197 e. The number of benzene rings is 1. The van der Waals surface area contributed by atoms with E-state index in [0.717, 1.165) is 12.3 Å². The van der Waals surface area contributed by atoms with Gasteiger partial charge in [0.05, 0.1) is 0 Å². The van der Waals surface area contributed by atoms with Gasteiger partial charge < -0.3 is 5.73 Å². The van der Waals surface area contributed by atoms with Crippen molar-refractivity contribution < 1.29 is 0 Å². The highest BCUT2D eigenvalue weighted by Gasteiger charge is 2.33. The Hall–Kier alpha value is -0.820. The van der Waals surface area contributed by atoms with E-state index in [1.807, 2.05) is 0 Å². The van der Waals surface area contributed by atoms with Crippen LogP contribution in [0.5, 0.6) is 0 Å². The Bertz CT molecular complexity index is 424. The quantitative estimate of drug-likeness (QED) is 0.828. The van der Waals surface area contributed by atoms with Gasteiger partial charge in [0.1, 0.15) is 0 Å². The molecule has 1 nitrogen and oxygen atoms in total. The predicted octanol–water partition coefficient (Wildman–Crippen LogP) is 3.24. The van der Waals surface area contributed by atoms with E-state index >= 15 is 0 Å². The summed E-state index contributed by atoms with van der Waals surface area (Å²) in [6.45, 7) is 2.33. The second-order valence-corrected chi connectivity index (χ2v) is 6.34. The van der Waals surface area contributed by atoms with Gasteiger partial charge in [-0.1, -0.05) is 25.1 Å². The summed E-state index contributed by atoms with van der Waals surface area (Å²) in [6, 6.07) is 7.06. The molecule has 1 saturated carbocycles. The number of aryl methyl sites for hydroxylation is 2. The molecule has 0 aromatic heterocycles. The fourth-order valence-corrected chi connectivity index (χ4v) is 3.73. The number of hydrogen-bond donors (Lipinski definition) is 1. The van der Waals surface area contributed by atoms with Gasteiger partial charge in [-0.3, -0.25) is 0 Å². The summed E-state index contributed by atoms with van der Waals surface area (Å²) in [5.74, 6) is 0.814. The summed E-state index contributed by atoms with van der Waals surface area (Å²) in [6.07, 6.45) is 8.67. The second kappa shape index (κ2) is 4.13. The van der Waals surface area contributed by atoms with Crippen LogP contribution in [0.15, 0.2) is 18.2 Å². The van der Waals surface area contributed by atoms with Crippen molar-refractivity contribution in [3.63, 3.8) is 0 Å². The van der Waals surface area contributed by atoms with E-state index in [-0.39, 0.29) is 5.54 Å². The molecule has 0 heterocycles. The smallest absolute Gasteiger partial charge is 0.0197 e. The second-order valence-electron chi connectivity index (χ2n) is 6.34. The van der Waals surface area contributed by atoms with Gasteiger partial charge in [-0.15, -0.1) is 0 Å². The SMILES string of the molecule is CC1CCC(N)(Cc2ccc3c(c2)CCC3)C1. The maximum absolute atomic E-state index is 6.53. The Morgan fingerprint density at radius 1 is 1.29 bits per heavy atom. The van der Waals surface area contributed by atoms with Crippen molar-refractivity contribution >= 4 is 0 Å². The van der Waals surface area contributed by atoms with Crippen LogP contribution in [0.2, 0.25) is 0 Å². The van der Waals surface area contributed by atoms with E-state index < -0.39 is 0 Å². The van der Waals surface area contributed by atoms with Gasteiger partial charge >= 0.3 is 0 Å². The average Bonchev–Trinajstić information content (AvgIpc) is 2.85. The van der Waals surface area contributed by atoms with Gasteiger partial charge in [-0.05, 0) is 67.6 Å². The fraction of sp³-hybridized carbons (Fsp3) is 0.625. The van der Waals surface area contributed by atoms with Gasteiger partial charge in [-0.2, -0.15) is 0 Å². The molecule has 1 aromatic rings. The molecule has 0 amide bonds. The van der Waals surface area contributed by atoms with Crippen LogP contribution in [0.3, 0.4) is 0 Å². The highest BCUT2D eigenvalue weighted by atomic mass is 14.8. The third-order valence-corrected chi connectivity index (χ3v) is 4.61. The third-order valence-electron chi connectivity index (χ3n) is 4.61. The first-order valence-electron chi connectivity index (χ1n) is 7.04. The lowest BCUT2D eigenvalue weighted by Crippen LogP contribution is -2.39. The molecule has 0 radical (unpaired) electrons. The van der Waals surface area contributed by atoms with Crippen molar-refractivity contribution in [3.8, 4) is 0 Å². The molecule has 0 bridgehead atoms. The predicted molar refractivity (Wildman–Crippen MR) is 72.1 cm³/mol. The van der Waals surface area contributed by atoms with Crippen LogP contribution < -0.4 is 5.73 Å². The maximum atomic E-state index is 6.53. The van der Waals surface area contributed by atoms with E-state index in [4.69, 9.17) is 5.73 Å². The summed E-state index contributed by atoms with van der Waals surface area (Å²) < 4.78 is 0. The van der Waals surface area contributed by atoms with Crippen LogP contribution >= 0.6 is 0 Å². The Morgan fingerprint density at radius 3 is 2.88 bits per heavy atom. The molecule has 3 rings (SSSR count). The van der Waals surface area contributed by atoms with E-state index in [9.17, 15) is 0 Å². The molecule has 1 fully saturated rings. The zero-order valence-electron chi connectivity index (χ0n) is 10.8. The molecule has 1 heteroatoms. The number of rotatable bonds is 2. The summed E-state index contributed by atoms with van der Waals surface area (Å²) in [5.41, 5.74) is 11.2. The summed E-state index contributed by atoms with van der Waals surface area (Å²) in [5, 5.41) is 0. The fourth-order valence-electron chi connectivity index (χ4n) is 3.73. The molecule has 2 aliphatic rings. The molecule has 0 spiro atoms. The van der Waals surface area contributed by atoms with Crippen LogP contribution in [0, 0.1) is 5.92 Å². The third kappa shape index (κ3) is 2.26. The van der Waals surface area contributed by atoms with Crippen LogP contribution in [-0.2, 0) is 19.3 Å². The number of fused-ring (bicyclic) bond motifs is 1. The van der Waals surface area contributed by atoms with E-state index in [1.54, 1.807) is 11.1 Å². The average molecular weight is 229 g/mol. The number of nitrogens with two attached hydrogens (primary N) is 1. The van der Waals surface area contributed by atoms with Gasteiger partial charge in [0.25, 0.3) is 0 Å². The minimum absolute atomic E-state index is 0.0757. The topological polar surface area (TPSA) is 26.0 Å². The highest BCUT2D eigenvalue weighted by Crippen LogP contribution is 2.35. The van der Waals surface area contributed by atoms with Crippen LogP contribution in [-0.4, -0.2) is 5.54 Å². The Labute approximate surface area is 104 Å². The lowest BCUT2D eigenvalue weighted by Gasteiger charge is -2.24. The molecule has 2 N–H and O–H groups in total. The standard InChI is InChI=1S/C16H23N/c1-12-7-8-16(17,10-12)11-13-5-6-14-3-2-4-15(14)9-13/h5-6,9,12H,2-4,7-8,10-11,17H2,1H3. The van der Waals surface area contributed by atoms with Gasteiger partial charge in [0.2, 0.25) is 0 Å². The van der Waals surface area contributed by atoms with Gasteiger partial charge in [0, 0.05) is 5.54 Å². The molecule has 1 aromatic carbocycles. The first-order valence-corrected chi connectivity index (χ1v) is 7.04. The summed E-state index contributed by atoms with van der Waals surface area (Å²) >= 11 is 0. The van der Waals surface area contributed by atoms with Crippen LogP contribution in [0.4, 0.5) is 0 Å². The van der Waals surface area contributed by atoms with Gasteiger partial charge in [0.15, 0.2) is 0 Å². The minimum atomic E-state index is 0.0757. The van der Waals surface area contributed by atoms with Crippen molar-refractivity contribution in [2.24, 2.45) is 11.7 Å². The van der Waals surface area contributed by atoms with Crippen molar-refractivity contribution in [2.75, 3.05) is 0 Å². The molecule has 17 heavy (non-hydrogen) atoms. The first kappa shape index (κ1) is 11.3. The van der Waals surface area contributed by atoms with E-state index in [2.05, 4.69) is 25.1 Å². The summed E-state index contributed by atoms with van der Waals surface area (Å²) in [7, 11) is 0. The monoisotopic (exact) mass is 229 g/mol. The normalized spacial score (nSPS) is 31.8. The van der Waals surface area contributed by atoms with Crippen molar-refractivity contribution in [1.29, 1.82) is 0 Å². The highest BCUT2D eigenvalue weighted by molar-refractivity contribution is 5.36. The molecule has 92 valence electrons. The van der Waals surface area contributed by atoms with Crippen LogP contribution in [0.1, 0.15) is 49.3 Å². The molecule has 0 saturated heterocycles. The first-order chi connectivity index (χ1) is 8.15. The Kier molecular flexibility index (Phi) is 2.74.